The maximum absolute atomic E-state index is 13.0. The van der Waals surface area contributed by atoms with E-state index < -0.39 is 47.9 Å². The van der Waals surface area contributed by atoms with Crippen LogP contribution in [-0.2, 0) is 23.8 Å². The number of hydrogen-bond donors (Lipinski definition) is 2. The Hall–Kier alpha value is -2.94. The number of carboxylic acids is 1. The van der Waals surface area contributed by atoms with Gasteiger partial charge in [-0.05, 0) is 58.7 Å². The lowest BCUT2D eigenvalue weighted by molar-refractivity contribution is -0.147. The standard InChI is InChI=1S/C22H27NO8/c1-10(2)29-21(27)12-7-13(22(28)30-11(3)4)9-14(8-12)23-19(24)17-15-5-6-16(31-15)18(17)20(25)26/h7-11,15-18H,5-6H2,1-4H3,(H,23,24)(H,25,26)/t15-,16-,17+,18-/m0/s1. The Morgan fingerprint density at radius 3 is 1.84 bits per heavy atom. The van der Waals surface area contributed by atoms with Crippen LogP contribution in [0.15, 0.2) is 18.2 Å². The van der Waals surface area contributed by atoms with Gasteiger partial charge < -0.3 is 24.6 Å². The van der Waals surface area contributed by atoms with Gasteiger partial charge in [-0.15, -0.1) is 0 Å². The van der Waals surface area contributed by atoms with E-state index in [-0.39, 0.29) is 29.0 Å². The van der Waals surface area contributed by atoms with Gasteiger partial charge in [-0.2, -0.15) is 0 Å². The van der Waals surface area contributed by atoms with Crippen molar-refractivity contribution in [3.63, 3.8) is 0 Å². The molecule has 0 aliphatic carbocycles. The molecule has 4 atom stereocenters. The average molecular weight is 433 g/mol. The second-order valence-corrected chi connectivity index (χ2v) is 8.38. The van der Waals surface area contributed by atoms with Gasteiger partial charge in [0.25, 0.3) is 0 Å². The first kappa shape index (κ1) is 22.7. The molecule has 3 rings (SSSR count). The number of esters is 2. The summed E-state index contributed by atoms with van der Waals surface area (Å²) in [5.74, 6) is -4.71. The predicted octanol–water partition coefficient (Wildman–Crippen LogP) is 2.63. The van der Waals surface area contributed by atoms with Gasteiger partial charge in [0.2, 0.25) is 5.91 Å². The van der Waals surface area contributed by atoms with Crippen molar-refractivity contribution in [1.29, 1.82) is 0 Å². The van der Waals surface area contributed by atoms with Crippen molar-refractivity contribution >= 4 is 29.5 Å². The SMILES string of the molecule is CC(C)OC(=O)c1cc(NC(=O)[C@H]2[C@@H](C(=O)O)[C@@H]3CC[C@@H]2O3)cc(C(=O)OC(C)C)c1. The molecule has 2 heterocycles. The molecule has 0 radical (unpaired) electrons. The van der Waals surface area contributed by atoms with Gasteiger partial charge in [0.15, 0.2) is 0 Å². The lowest BCUT2D eigenvalue weighted by Crippen LogP contribution is -2.41. The van der Waals surface area contributed by atoms with Crippen LogP contribution < -0.4 is 5.32 Å². The van der Waals surface area contributed by atoms with Gasteiger partial charge in [-0.1, -0.05) is 0 Å². The minimum absolute atomic E-state index is 0.0705. The minimum atomic E-state index is -1.08. The third-order valence-electron chi connectivity index (χ3n) is 5.22. The molecule has 1 aromatic carbocycles. The number of hydrogen-bond acceptors (Lipinski definition) is 7. The molecular weight excluding hydrogens is 406 g/mol. The van der Waals surface area contributed by atoms with Crippen molar-refractivity contribution in [2.45, 2.75) is 65.0 Å². The molecule has 2 N–H and O–H groups in total. The summed E-state index contributed by atoms with van der Waals surface area (Å²) in [6.07, 6.45) is -0.488. The number of anilines is 1. The summed E-state index contributed by atoms with van der Waals surface area (Å²) in [5.41, 5.74) is 0.313. The third kappa shape index (κ3) is 5.04. The first-order valence-corrected chi connectivity index (χ1v) is 10.3. The molecule has 9 nitrogen and oxygen atoms in total. The van der Waals surface area contributed by atoms with Crippen LogP contribution >= 0.6 is 0 Å². The Kier molecular flexibility index (Phi) is 6.64. The summed E-state index contributed by atoms with van der Waals surface area (Å²) in [6.45, 7) is 6.77. The van der Waals surface area contributed by atoms with Gasteiger partial charge in [-0.3, -0.25) is 9.59 Å². The number of ether oxygens (including phenoxy) is 3. The summed E-state index contributed by atoms with van der Waals surface area (Å²) >= 11 is 0. The second-order valence-electron chi connectivity index (χ2n) is 8.38. The Morgan fingerprint density at radius 1 is 0.903 bits per heavy atom. The van der Waals surface area contributed by atoms with Crippen LogP contribution in [0.5, 0.6) is 0 Å². The van der Waals surface area contributed by atoms with E-state index in [9.17, 15) is 24.3 Å². The molecule has 31 heavy (non-hydrogen) atoms. The molecule has 0 saturated carbocycles. The molecule has 168 valence electrons. The van der Waals surface area contributed by atoms with Crippen LogP contribution in [0.1, 0.15) is 61.3 Å². The van der Waals surface area contributed by atoms with Gasteiger partial charge in [0.1, 0.15) is 0 Å². The van der Waals surface area contributed by atoms with Crippen LogP contribution in [0, 0.1) is 11.8 Å². The molecule has 2 fully saturated rings. The van der Waals surface area contributed by atoms with Crippen molar-refractivity contribution in [3.8, 4) is 0 Å². The lowest BCUT2D eigenvalue weighted by atomic mass is 9.78. The Morgan fingerprint density at radius 2 is 1.39 bits per heavy atom. The van der Waals surface area contributed by atoms with Gasteiger partial charge in [0, 0.05) is 5.69 Å². The van der Waals surface area contributed by atoms with E-state index in [1.165, 1.54) is 18.2 Å². The van der Waals surface area contributed by atoms with Crippen molar-refractivity contribution in [3.05, 3.63) is 29.3 Å². The van der Waals surface area contributed by atoms with Gasteiger partial charge >= 0.3 is 17.9 Å². The number of fused-ring (bicyclic) bond motifs is 2. The highest BCUT2D eigenvalue weighted by Crippen LogP contribution is 2.44. The highest BCUT2D eigenvalue weighted by molar-refractivity contribution is 6.01. The van der Waals surface area contributed by atoms with E-state index in [1.54, 1.807) is 27.7 Å². The molecule has 0 aromatic heterocycles. The van der Waals surface area contributed by atoms with E-state index >= 15 is 0 Å². The number of carbonyl (C=O) groups is 4. The van der Waals surface area contributed by atoms with Crippen LogP contribution in [0.3, 0.4) is 0 Å². The molecule has 0 unspecified atom stereocenters. The summed E-state index contributed by atoms with van der Waals surface area (Å²) in [7, 11) is 0. The largest absolute Gasteiger partial charge is 0.481 e. The molecule has 1 aromatic rings. The first-order valence-electron chi connectivity index (χ1n) is 10.3. The molecule has 2 saturated heterocycles. The number of carbonyl (C=O) groups excluding carboxylic acids is 3. The lowest BCUT2D eigenvalue weighted by Gasteiger charge is -2.24. The average Bonchev–Trinajstić information content (AvgIpc) is 3.28. The smallest absolute Gasteiger partial charge is 0.338 e. The van der Waals surface area contributed by atoms with Crippen LogP contribution in [0.25, 0.3) is 0 Å². The fraction of sp³-hybridized carbons (Fsp3) is 0.545. The number of nitrogens with one attached hydrogen (secondary N) is 1. The zero-order valence-corrected chi connectivity index (χ0v) is 17.9. The predicted molar refractivity (Wildman–Crippen MR) is 109 cm³/mol. The van der Waals surface area contributed by atoms with Crippen molar-refractivity contribution < 1.29 is 38.5 Å². The van der Waals surface area contributed by atoms with Gasteiger partial charge in [0.05, 0.1) is 47.4 Å². The van der Waals surface area contributed by atoms with Crippen LogP contribution in [-0.4, -0.2) is 53.3 Å². The summed E-state index contributed by atoms with van der Waals surface area (Å²) in [6, 6.07) is 4.11. The Balaban J connectivity index is 1.88. The summed E-state index contributed by atoms with van der Waals surface area (Å²) in [5, 5.41) is 12.2. The molecule has 9 heteroatoms. The van der Waals surface area contributed by atoms with Crippen molar-refractivity contribution in [2.24, 2.45) is 11.8 Å². The maximum atomic E-state index is 13.0. The molecular formula is C22H27NO8. The fourth-order valence-corrected chi connectivity index (χ4v) is 4.05. The topological polar surface area (TPSA) is 128 Å². The Labute approximate surface area is 180 Å². The number of rotatable bonds is 7. The van der Waals surface area contributed by atoms with Crippen molar-refractivity contribution in [2.75, 3.05) is 5.32 Å². The summed E-state index contributed by atoms with van der Waals surface area (Å²) in [4.78, 5) is 49.4. The highest BCUT2D eigenvalue weighted by atomic mass is 16.5. The maximum Gasteiger partial charge on any atom is 0.338 e. The molecule has 2 aliphatic heterocycles. The Bertz CT molecular complexity index is 853. The first-order chi connectivity index (χ1) is 14.6. The molecule has 0 spiro atoms. The highest BCUT2D eigenvalue weighted by Gasteiger charge is 2.55. The normalized spacial score (nSPS) is 24.3. The summed E-state index contributed by atoms with van der Waals surface area (Å²) < 4.78 is 16.0. The third-order valence-corrected chi connectivity index (χ3v) is 5.22. The number of amides is 1. The number of aliphatic carboxylic acids is 1. The van der Waals surface area contributed by atoms with Crippen LogP contribution in [0.2, 0.25) is 0 Å². The van der Waals surface area contributed by atoms with Gasteiger partial charge in [-0.25, -0.2) is 9.59 Å². The number of carboxylic acid groups (broad SMARTS) is 1. The zero-order chi connectivity index (χ0) is 22.9. The van der Waals surface area contributed by atoms with E-state index in [4.69, 9.17) is 14.2 Å². The minimum Gasteiger partial charge on any atom is -0.481 e. The molecule has 2 aliphatic rings. The van der Waals surface area contributed by atoms with E-state index in [0.29, 0.717) is 12.8 Å². The second kappa shape index (κ2) is 9.05. The van der Waals surface area contributed by atoms with Crippen molar-refractivity contribution in [1.82, 2.24) is 0 Å². The van der Waals surface area contributed by atoms with E-state index in [0.717, 1.165) is 0 Å². The monoisotopic (exact) mass is 433 g/mol. The molecule has 1 amide bonds. The zero-order valence-electron chi connectivity index (χ0n) is 17.9. The van der Waals surface area contributed by atoms with E-state index in [2.05, 4.69) is 5.32 Å². The fourth-order valence-electron chi connectivity index (χ4n) is 4.05. The van der Waals surface area contributed by atoms with E-state index in [1.807, 2.05) is 0 Å². The number of benzene rings is 1. The van der Waals surface area contributed by atoms with Crippen LogP contribution in [0.4, 0.5) is 5.69 Å². The molecule has 2 bridgehead atoms. The quantitative estimate of drug-likeness (QED) is 0.628.